The van der Waals surface area contributed by atoms with Crippen molar-refractivity contribution in [1.82, 2.24) is 10.2 Å². The van der Waals surface area contributed by atoms with Gasteiger partial charge in [-0.1, -0.05) is 34.6 Å². The third-order valence-corrected chi connectivity index (χ3v) is 18.1. The zero-order valence-electron chi connectivity index (χ0n) is 31.9. The van der Waals surface area contributed by atoms with Crippen LogP contribution in [0.5, 0.6) is 0 Å². The first-order chi connectivity index (χ1) is 23.1. The maximum Gasteiger partial charge on any atom is 0.170 e. The molecule has 0 aromatic rings. The fourth-order valence-electron chi connectivity index (χ4n) is 15.8. The zero-order chi connectivity index (χ0) is 34.6. The molecule has 9 fully saturated rings. The maximum atomic E-state index is 12.6. The number of hydrogen-bond acceptors (Lipinski definition) is 8. The smallest absolute Gasteiger partial charge is 0.170 e. The van der Waals surface area contributed by atoms with Gasteiger partial charge in [0.15, 0.2) is 6.29 Å². The van der Waals surface area contributed by atoms with Crippen molar-refractivity contribution in [2.24, 2.45) is 56.7 Å². The van der Waals surface area contributed by atoms with Crippen LogP contribution in [0.3, 0.4) is 0 Å². The van der Waals surface area contributed by atoms with Gasteiger partial charge in [-0.25, -0.2) is 0 Å². The molecule has 8 nitrogen and oxygen atoms in total. The third-order valence-electron chi connectivity index (χ3n) is 18.1. The molecule has 16 atom stereocenters. The van der Waals surface area contributed by atoms with E-state index in [1.165, 1.54) is 51.5 Å². The molecule has 6 aliphatic carbocycles. The van der Waals surface area contributed by atoms with Crippen molar-refractivity contribution in [3.63, 3.8) is 0 Å². The number of morpholine rings is 1. The number of hydrogen-bond donors (Lipinski definition) is 3. The minimum Gasteiger partial charge on any atom is -0.390 e. The van der Waals surface area contributed by atoms with E-state index >= 15 is 0 Å². The van der Waals surface area contributed by atoms with Crippen LogP contribution < -0.4 is 5.32 Å². The van der Waals surface area contributed by atoms with Gasteiger partial charge in [0.05, 0.1) is 43.2 Å². The van der Waals surface area contributed by atoms with Gasteiger partial charge in [-0.3, -0.25) is 4.90 Å². The number of fused-ring (bicyclic) bond motifs is 5. The number of ether oxygens (including phenoxy) is 4. The highest BCUT2D eigenvalue weighted by Crippen LogP contribution is 2.89. The van der Waals surface area contributed by atoms with E-state index in [9.17, 15) is 10.2 Å². The average Bonchev–Trinajstić information content (AvgIpc) is 3.87. The van der Waals surface area contributed by atoms with Gasteiger partial charge in [-0.05, 0) is 136 Å². The third kappa shape index (κ3) is 4.38. The summed E-state index contributed by atoms with van der Waals surface area (Å²) in [6.07, 6.45) is 9.55. The number of nitrogens with zero attached hydrogens (tertiary/aromatic N) is 1. The number of aliphatic hydroxyl groups excluding tert-OH is 1. The summed E-state index contributed by atoms with van der Waals surface area (Å²) < 4.78 is 26.5. The lowest BCUT2D eigenvalue weighted by Crippen LogP contribution is -2.60. The van der Waals surface area contributed by atoms with Crippen molar-refractivity contribution in [3.05, 3.63) is 0 Å². The van der Waals surface area contributed by atoms with Gasteiger partial charge < -0.3 is 34.5 Å². The van der Waals surface area contributed by atoms with Crippen molar-refractivity contribution in [3.8, 4) is 0 Å². The van der Waals surface area contributed by atoms with Gasteiger partial charge >= 0.3 is 0 Å². The molecule has 0 amide bonds. The number of aliphatic hydroxyl groups is 2. The molecule has 3 aliphatic heterocycles. The molecule has 3 heterocycles. The Balaban J connectivity index is 0.943. The Bertz CT molecular complexity index is 1320. The Kier molecular flexibility index (Phi) is 7.66. The van der Waals surface area contributed by atoms with Crippen LogP contribution in [0.2, 0.25) is 0 Å². The molecule has 2 spiro atoms. The largest absolute Gasteiger partial charge is 0.390 e. The highest BCUT2D eigenvalue weighted by molar-refractivity contribution is 5.33. The van der Waals surface area contributed by atoms with Crippen molar-refractivity contribution in [1.29, 1.82) is 0 Å². The summed E-state index contributed by atoms with van der Waals surface area (Å²) in [4.78, 5) is 2.70. The van der Waals surface area contributed by atoms with Crippen LogP contribution in [0, 0.1) is 56.7 Å². The SMILES string of the molecule is CCO[C@@H](C1C[C@@H](C)[C@H]2C(O1)[C@H](O)[C@@]1(C)C3CC[C@H]4C(C)(C)[C@@H](O[C@H]5CN(C67CNCC6C7)CCO5)CC[C@@]45C[C@@]35CC[C@]21C)C(C)(C)O. The predicted molar refractivity (Wildman–Crippen MR) is 188 cm³/mol. The fraction of sp³-hybridized carbons (Fsp3) is 1.00. The summed E-state index contributed by atoms with van der Waals surface area (Å²) >= 11 is 0. The lowest BCUT2D eigenvalue weighted by atomic mass is 9.41. The molecule has 0 bridgehead atoms. The summed E-state index contributed by atoms with van der Waals surface area (Å²) in [7, 11) is 0. The van der Waals surface area contributed by atoms with E-state index in [2.05, 4.69) is 44.8 Å². The zero-order valence-corrected chi connectivity index (χ0v) is 31.9. The second kappa shape index (κ2) is 10.9. The van der Waals surface area contributed by atoms with Crippen LogP contribution in [-0.4, -0.2) is 102 Å². The van der Waals surface area contributed by atoms with Gasteiger partial charge in [0.2, 0.25) is 0 Å². The minimum absolute atomic E-state index is 0.0266. The number of piperidine rings is 1. The summed E-state index contributed by atoms with van der Waals surface area (Å²) in [6.45, 7) is 23.6. The highest BCUT2D eigenvalue weighted by Gasteiger charge is 2.84. The van der Waals surface area contributed by atoms with Gasteiger partial charge in [-0.15, -0.1) is 0 Å². The first-order valence-electron chi connectivity index (χ1n) is 20.5. The predicted octanol–water partition coefficient (Wildman–Crippen LogP) is 5.38. The Labute approximate surface area is 296 Å². The van der Waals surface area contributed by atoms with Crippen LogP contribution in [0.4, 0.5) is 0 Å². The maximum absolute atomic E-state index is 12.6. The van der Waals surface area contributed by atoms with E-state index in [-0.39, 0.29) is 40.8 Å². The molecule has 6 saturated carbocycles. The van der Waals surface area contributed by atoms with Crippen LogP contribution in [0.15, 0.2) is 0 Å². The van der Waals surface area contributed by atoms with E-state index in [0.29, 0.717) is 46.6 Å². The van der Waals surface area contributed by atoms with E-state index < -0.39 is 17.8 Å². The molecule has 3 N–H and O–H groups in total. The standard InChI is InChI=1S/C41H68N2O6/c1-9-46-34(36(5,6)45)26-18-24(2)31-32(48-26)33(44)38(8)28-11-10-27-35(3,4)29(12-13-39(27)22-40(28,39)15-14-37(31,38)7)49-30-21-43(16-17-47-30)41-19-25(41)20-42-23-41/h24-34,42,44-45H,9-23H2,1-8H3/t24-,25?,26?,27+,28?,29+,30+,31+,32?,33+,34+,37-,38-,39-,40+,41?/m1/s1. The molecule has 49 heavy (non-hydrogen) atoms. The van der Waals surface area contributed by atoms with Crippen LogP contribution in [0.1, 0.15) is 113 Å². The molecule has 5 unspecified atom stereocenters. The fourth-order valence-corrected chi connectivity index (χ4v) is 15.8. The first-order valence-corrected chi connectivity index (χ1v) is 20.5. The summed E-state index contributed by atoms with van der Waals surface area (Å²) in [5.74, 6) is 2.69. The lowest BCUT2D eigenvalue weighted by Gasteiger charge is -2.64. The Morgan fingerprint density at radius 2 is 1.80 bits per heavy atom. The normalized spacial score (nSPS) is 56.4. The van der Waals surface area contributed by atoms with E-state index in [0.717, 1.165) is 45.0 Å². The van der Waals surface area contributed by atoms with E-state index in [1.807, 2.05) is 20.8 Å². The quantitative estimate of drug-likeness (QED) is 0.330. The average molecular weight is 685 g/mol. The van der Waals surface area contributed by atoms with Crippen molar-refractivity contribution in [2.75, 3.05) is 39.4 Å². The highest BCUT2D eigenvalue weighted by atomic mass is 16.7. The molecule has 0 radical (unpaired) electrons. The Hall–Kier alpha value is -0.320. The van der Waals surface area contributed by atoms with Crippen LogP contribution in [0.25, 0.3) is 0 Å². The number of rotatable bonds is 7. The van der Waals surface area contributed by atoms with Crippen LogP contribution >= 0.6 is 0 Å². The minimum atomic E-state index is -1.01. The molecule has 278 valence electrons. The topological polar surface area (TPSA) is 92.7 Å². The van der Waals surface area contributed by atoms with Crippen molar-refractivity contribution < 1.29 is 29.2 Å². The molecule has 8 heteroatoms. The molecule has 9 aliphatic rings. The summed E-state index contributed by atoms with van der Waals surface area (Å²) in [5, 5.41) is 27.4. The lowest BCUT2D eigenvalue weighted by molar-refractivity contribution is -0.252. The van der Waals surface area contributed by atoms with Gasteiger partial charge in [0.1, 0.15) is 6.10 Å². The second-order valence-corrected chi connectivity index (χ2v) is 20.6. The van der Waals surface area contributed by atoms with Gasteiger partial charge in [-0.2, -0.15) is 0 Å². The first kappa shape index (κ1) is 34.4. The van der Waals surface area contributed by atoms with Gasteiger partial charge in [0.25, 0.3) is 0 Å². The molecular formula is C41H68N2O6. The summed E-state index contributed by atoms with van der Waals surface area (Å²) in [5.41, 5.74) is -0.0346. The Morgan fingerprint density at radius 3 is 2.49 bits per heavy atom. The number of nitrogens with one attached hydrogen (secondary N) is 1. The summed E-state index contributed by atoms with van der Waals surface area (Å²) in [6, 6.07) is 0. The van der Waals surface area contributed by atoms with Crippen molar-refractivity contribution in [2.45, 2.75) is 161 Å². The van der Waals surface area contributed by atoms with E-state index in [4.69, 9.17) is 18.9 Å². The Morgan fingerprint density at radius 1 is 1.04 bits per heavy atom. The second-order valence-electron chi connectivity index (χ2n) is 20.6. The molecular weight excluding hydrogens is 616 g/mol. The molecule has 0 aromatic carbocycles. The van der Waals surface area contributed by atoms with Crippen molar-refractivity contribution >= 4 is 0 Å². The molecule has 9 rings (SSSR count). The monoisotopic (exact) mass is 685 g/mol. The molecule has 3 saturated heterocycles. The van der Waals surface area contributed by atoms with Crippen LogP contribution in [-0.2, 0) is 18.9 Å². The molecule has 0 aromatic heterocycles. The van der Waals surface area contributed by atoms with Gasteiger partial charge in [0, 0.05) is 30.7 Å². The van der Waals surface area contributed by atoms with E-state index in [1.54, 1.807) is 0 Å².